The monoisotopic (exact) mass is 268 g/mol. The van der Waals surface area contributed by atoms with E-state index in [0.29, 0.717) is 6.04 Å². The molecule has 2 unspecified atom stereocenters. The van der Waals surface area contributed by atoms with Crippen LogP contribution in [0.2, 0.25) is 0 Å². The van der Waals surface area contributed by atoms with Gasteiger partial charge < -0.3 is 5.32 Å². The van der Waals surface area contributed by atoms with Crippen LogP contribution >= 0.6 is 0 Å². The minimum atomic E-state index is 0.702. The number of piperidine rings is 1. The molecule has 1 heterocycles. The molecular formula is C17H36N2. The van der Waals surface area contributed by atoms with Crippen molar-refractivity contribution in [1.82, 2.24) is 10.2 Å². The molecule has 0 radical (unpaired) electrons. The average molecular weight is 268 g/mol. The molecule has 0 aromatic carbocycles. The number of likely N-dealkylation sites (tertiary alicyclic amines) is 1. The van der Waals surface area contributed by atoms with Crippen LogP contribution in [0.1, 0.15) is 72.6 Å². The van der Waals surface area contributed by atoms with E-state index in [0.717, 1.165) is 12.0 Å². The molecule has 2 atom stereocenters. The van der Waals surface area contributed by atoms with Crippen molar-refractivity contribution in [1.29, 1.82) is 0 Å². The minimum absolute atomic E-state index is 0.702. The first-order chi connectivity index (χ1) is 9.26. The van der Waals surface area contributed by atoms with E-state index in [1.54, 1.807) is 0 Å². The normalized spacial score (nSPS) is 21.5. The lowest BCUT2D eigenvalue weighted by atomic mass is 9.91. The molecule has 2 nitrogen and oxygen atoms in total. The summed E-state index contributed by atoms with van der Waals surface area (Å²) in [4.78, 5) is 2.77. The van der Waals surface area contributed by atoms with Crippen LogP contribution in [0.5, 0.6) is 0 Å². The minimum Gasteiger partial charge on any atom is -0.312 e. The Morgan fingerprint density at radius 3 is 2.21 bits per heavy atom. The average Bonchev–Trinajstić information content (AvgIpc) is 2.46. The highest BCUT2D eigenvalue weighted by Crippen LogP contribution is 2.24. The van der Waals surface area contributed by atoms with Gasteiger partial charge in [0, 0.05) is 12.1 Å². The van der Waals surface area contributed by atoms with Gasteiger partial charge in [0.1, 0.15) is 0 Å². The van der Waals surface area contributed by atoms with E-state index in [-0.39, 0.29) is 0 Å². The third kappa shape index (κ3) is 5.43. The zero-order chi connectivity index (χ0) is 14.1. The van der Waals surface area contributed by atoms with E-state index in [2.05, 4.69) is 37.9 Å². The van der Waals surface area contributed by atoms with Crippen LogP contribution in [0, 0.1) is 5.92 Å². The summed E-state index contributed by atoms with van der Waals surface area (Å²) in [7, 11) is 0. The quantitative estimate of drug-likeness (QED) is 0.678. The zero-order valence-electron chi connectivity index (χ0n) is 13.8. The molecule has 0 aromatic rings. The van der Waals surface area contributed by atoms with Gasteiger partial charge in [-0.15, -0.1) is 0 Å². The molecule has 1 N–H and O–H groups in total. The van der Waals surface area contributed by atoms with Gasteiger partial charge in [-0.1, -0.05) is 40.5 Å². The maximum absolute atomic E-state index is 3.80. The smallest absolute Gasteiger partial charge is 0.0246 e. The molecular weight excluding hydrogens is 232 g/mol. The van der Waals surface area contributed by atoms with Crippen LogP contribution < -0.4 is 5.32 Å². The third-order valence-corrected chi connectivity index (χ3v) is 4.83. The molecule has 19 heavy (non-hydrogen) atoms. The summed E-state index contributed by atoms with van der Waals surface area (Å²) < 4.78 is 0. The second kappa shape index (κ2) is 9.77. The van der Waals surface area contributed by atoms with Crippen molar-refractivity contribution in [3.05, 3.63) is 0 Å². The first-order valence-electron chi connectivity index (χ1n) is 8.74. The summed E-state index contributed by atoms with van der Waals surface area (Å²) in [5, 5.41) is 3.80. The van der Waals surface area contributed by atoms with Crippen LogP contribution in [-0.2, 0) is 0 Å². The second-order valence-electron chi connectivity index (χ2n) is 6.21. The molecule has 0 aliphatic carbocycles. The Labute approximate surface area is 121 Å². The number of rotatable bonds is 9. The molecule has 0 bridgehead atoms. The Hall–Kier alpha value is -0.0800. The maximum atomic E-state index is 3.80. The number of nitrogens with one attached hydrogen (secondary N) is 1. The van der Waals surface area contributed by atoms with Gasteiger partial charge in [-0.05, 0) is 57.7 Å². The van der Waals surface area contributed by atoms with Crippen molar-refractivity contribution >= 4 is 0 Å². The van der Waals surface area contributed by atoms with E-state index in [1.165, 1.54) is 64.6 Å². The topological polar surface area (TPSA) is 15.3 Å². The lowest BCUT2D eigenvalue weighted by Gasteiger charge is -2.41. The molecule has 1 aliphatic heterocycles. The molecule has 1 rings (SSSR count). The van der Waals surface area contributed by atoms with Crippen LogP contribution in [0.15, 0.2) is 0 Å². The third-order valence-electron chi connectivity index (χ3n) is 4.83. The molecule has 2 heteroatoms. The molecule has 0 saturated carbocycles. The Morgan fingerprint density at radius 1 is 1.05 bits per heavy atom. The molecule has 1 fully saturated rings. The Morgan fingerprint density at radius 2 is 1.74 bits per heavy atom. The van der Waals surface area contributed by atoms with Crippen molar-refractivity contribution in [2.45, 2.75) is 84.7 Å². The fraction of sp³-hybridized carbons (Fsp3) is 1.00. The van der Waals surface area contributed by atoms with E-state index < -0.39 is 0 Å². The van der Waals surface area contributed by atoms with Crippen molar-refractivity contribution < 1.29 is 0 Å². The van der Waals surface area contributed by atoms with Gasteiger partial charge >= 0.3 is 0 Å². The lowest BCUT2D eigenvalue weighted by molar-refractivity contribution is 0.0989. The van der Waals surface area contributed by atoms with Crippen molar-refractivity contribution in [3.63, 3.8) is 0 Å². The standard InChI is InChI=1S/C17H36N2/c1-5-9-16(18-12-6-2)17(8-4)19-13-10-15(7-3)11-14-19/h15-18H,5-14H2,1-4H3. The molecule has 1 saturated heterocycles. The summed E-state index contributed by atoms with van der Waals surface area (Å²) >= 11 is 0. The Balaban J connectivity index is 2.52. The van der Waals surface area contributed by atoms with Crippen molar-refractivity contribution in [2.24, 2.45) is 5.92 Å². The number of nitrogens with zero attached hydrogens (tertiary/aromatic N) is 1. The van der Waals surface area contributed by atoms with Gasteiger partial charge in [0.25, 0.3) is 0 Å². The van der Waals surface area contributed by atoms with Gasteiger partial charge in [-0.2, -0.15) is 0 Å². The van der Waals surface area contributed by atoms with Crippen molar-refractivity contribution in [3.8, 4) is 0 Å². The van der Waals surface area contributed by atoms with Gasteiger partial charge in [-0.25, -0.2) is 0 Å². The van der Waals surface area contributed by atoms with E-state index >= 15 is 0 Å². The molecule has 0 spiro atoms. The first kappa shape index (κ1) is 17.0. The largest absolute Gasteiger partial charge is 0.312 e. The van der Waals surface area contributed by atoms with Gasteiger partial charge in [0.15, 0.2) is 0 Å². The van der Waals surface area contributed by atoms with E-state index in [9.17, 15) is 0 Å². The predicted octanol–water partition coefficient (Wildman–Crippen LogP) is 4.06. The van der Waals surface area contributed by atoms with E-state index in [1.807, 2.05) is 0 Å². The second-order valence-corrected chi connectivity index (χ2v) is 6.21. The first-order valence-corrected chi connectivity index (χ1v) is 8.74. The fourth-order valence-electron chi connectivity index (χ4n) is 3.56. The molecule has 1 aliphatic rings. The Bertz CT molecular complexity index is 209. The summed E-state index contributed by atoms with van der Waals surface area (Å²) in [6.45, 7) is 13.1. The molecule has 114 valence electrons. The van der Waals surface area contributed by atoms with E-state index in [4.69, 9.17) is 0 Å². The van der Waals surface area contributed by atoms with Gasteiger partial charge in [-0.3, -0.25) is 4.90 Å². The maximum Gasteiger partial charge on any atom is 0.0246 e. The Kier molecular flexibility index (Phi) is 8.72. The number of hydrogen-bond acceptors (Lipinski definition) is 2. The van der Waals surface area contributed by atoms with Crippen LogP contribution in [0.3, 0.4) is 0 Å². The SMILES string of the molecule is CCCNC(CCC)C(CC)N1CCC(CC)CC1. The summed E-state index contributed by atoms with van der Waals surface area (Å²) in [5.41, 5.74) is 0. The molecule has 0 aromatic heterocycles. The highest BCUT2D eigenvalue weighted by molar-refractivity contribution is 4.86. The highest BCUT2D eigenvalue weighted by atomic mass is 15.2. The lowest BCUT2D eigenvalue weighted by Crippen LogP contribution is -2.52. The number of hydrogen-bond donors (Lipinski definition) is 1. The zero-order valence-corrected chi connectivity index (χ0v) is 13.8. The molecule has 0 amide bonds. The van der Waals surface area contributed by atoms with Gasteiger partial charge in [0.05, 0.1) is 0 Å². The highest BCUT2D eigenvalue weighted by Gasteiger charge is 2.28. The van der Waals surface area contributed by atoms with Crippen LogP contribution in [0.4, 0.5) is 0 Å². The summed E-state index contributed by atoms with van der Waals surface area (Å²) in [6, 6.07) is 1.46. The van der Waals surface area contributed by atoms with Crippen LogP contribution in [-0.4, -0.2) is 36.6 Å². The van der Waals surface area contributed by atoms with Crippen molar-refractivity contribution in [2.75, 3.05) is 19.6 Å². The summed E-state index contributed by atoms with van der Waals surface area (Å²) in [5.74, 6) is 0.988. The summed E-state index contributed by atoms with van der Waals surface area (Å²) in [6.07, 6.45) is 9.36. The van der Waals surface area contributed by atoms with Gasteiger partial charge in [0.2, 0.25) is 0 Å². The fourth-order valence-corrected chi connectivity index (χ4v) is 3.56. The predicted molar refractivity (Wildman–Crippen MR) is 85.7 cm³/mol. The van der Waals surface area contributed by atoms with Crippen LogP contribution in [0.25, 0.3) is 0 Å².